The molecule has 0 spiro atoms. The SMILES string of the molecule is COc1ccc(C(=O)N2C3CC2CN(c2ccc(-c4cc(OCCO)cn5ncc(C#N)c45)cn2)C3)cn1. The van der Waals surface area contributed by atoms with Crippen LogP contribution in [0.3, 0.4) is 0 Å². The second kappa shape index (κ2) is 9.64. The molecule has 2 unspecified atom stereocenters. The molecule has 11 nitrogen and oxygen atoms in total. The van der Waals surface area contributed by atoms with Gasteiger partial charge in [-0.15, -0.1) is 0 Å². The molecule has 38 heavy (non-hydrogen) atoms. The largest absolute Gasteiger partial charge is 0.490 e. The first kappa shape index (κ1) is 23.7. The quantitative estimate of drug-likeness (QED) is 0.397. The van der Waals surface area contributed by atoms with Crippen LogP contribution in [-0.4, -0.2) is 81.0 Å². The fourth-order valence-corrected chi connectivity index (χ4v) is 5.28. The molecule has 11 heteroatoms. The highest BCUT2D eigenvalue weighted by Gasteiger charge is 2.47. The van der Waals surface area contributed by atoms with E-state index in [0.29, 0.717) is 41.4 Å². The molecule has 192 valence electrons. The predicted octanol–water partition coefficient (Wildman–Crippen LogP) is 2.15. The Hall–Kier alpha value is -4.69. The number of carbonyl (C=O) groups excluding carboxylic acids is 1. The highest BCUT2D eigenvalue weighted by Crippen LogP contribution is 2.36. The second-order valence-corrected chi connectivity index (χ2v) is 9.28. The fraction of sp³-hybridized carbons (Fsp3) is 0.296. The molecule has 4 aromatic heterocycles. The Morgan fingerprint density at radius 3 is 2.66 bits per heavy atom. The monoisotopic (exact) mass is 511 g/mol. The van der Waals surface area contributed by atoms with E-state index in [-0.39, 0.29) is 31.2 Å². The van der Waals surface area contributed by atoms with Gasteiger partial charge in [0.1, 0.15) is 24.2 Å². The van der Waals surface area contributed by atoms with E-state index in [2.05, 4.69) is 21.1 Å². The number of aliphatic hydroxyl groups is 1. The summed E-state index contributed by atoms with van der Waals surface area (Å²) < 4.78 is 12.3. The maximum absolute atomic E-state index is 13.1. The number of anilines is 1. The number of methoxy groups -OCH3 is 1. The van der Waals surface area contributed by atoms with Crippen LogP contribution < -0.4 is 14.4 Å². The van der Waals surface area contributed by atoms with Gasteiger partial charge in [0.2, 0.25) is 5.88 Å². The van der Waals surface area contributed by atoms with Gasteiger partial charge in [-0.3, -0.25) is 4.79 Å². The van der Waals surface area contributed by atoms with Crippen LogP contribution in [0.25, 0.3) is 16.6 Å². The summed E-state index contributed by atoms with van der Waals surface area (Å²) in [4.78, 5) is 26.1. The second-order valence-electron chi connectivity index (χ2n) is 9.28. The molecule has 1 amide bonds. The molecule has 0 saturated carbocycles. The van der Waals surface area contributed by atoms with Crippen LogP contribution in [-0.2, 0) is 0 Å². The lowest BCUT2D eigenvalue weighted by molar-refractivity contribution is 0.00572. The molecule has 7 rings (SSSR count). The first-order valence-corrected chi connectivity index (χ1v) is 12.3. The zero-order chi connectivity index (χ0) is 26.2. The van der Waals surface area contributed by atoms with Crippen molar-refractivity contribution >= 4 is 17.2 Å². The summed E-state index contributed by atoms with van der Waals surface area (Å²) in [6.45, 7) is 1.45. The molecular formula is C27H25N7O4. The van der Waals surface area contributed by atoms with Crippen LogP contribution in [0.15, 0.2) is 55.1 Å². The van der Waals surface area contributed by atoms with E-state index < -0.39 is 0 Å². The molecule has 0 aliphatic carbocycles. The number of nitrogens with zero attached hydrogens (tertiary/aromatic N) is 7. The third-order valence-corrected chi connectivity index (χ3v) is 7.07. The van der Waals surface area contributed by atoms with E-state index in [1.165, 1.54) is 6.20 Å². The van der Waals surface area contributed by atoms with Crippen LogP contribution in [0.1, 0.15) is 22.3 Å². The standard InChI is InChI=1S/C27H25N7O4/c1-37-25-5-3-18(12-30-25)27(36)34-20-8-21(34)15-32(14-20)24-4-2-17(11-29-24)23-9-22(38-7-6-35)16-33-26(23)19(10-28)13-31-33/h2-5,9,11-13,16,20-21,35H,6-8,14-15H2,1H3. The average molecular weight is 512 g/mol. The number of carbonyl (C=O) groups is 1. The number of rotatable bonds is 7. The Morgan fingerprint density at radius 2 is 2.00 bits per heavy atom. The van der Waals surface area contributed by atoms with E-state index in [1.54, 1.807) is 42.3 Å². The van der Waals surface area contributed by atoms with Crippen molar-refractivity contribution in [3.8, 4) is 28.8 Å². The zero-order valence-electron chi connectivity index (χ0n) is 20.7. The summed E-state index contributed by atoms with van der Waals surface area (Å²) in [5.74, 6) is 1.84. The lowest BCUT2D eigenvalue weighted by atomic mass is 9.86. The normalized spacial score (nSPS) is 18.1. The van der Waals surface area contributed by atoms with Crippen molar-refractivity contribution in [2.45, 2.75) is 18.5 Å². The molecular weight excluding hydrogens is 486 g/mol. The van der Waals surface area contributed by atoms with Gasteiger partial charge in [-0.1, -0.05) is 0 Å². The van der Waals surface area contributed by atoms with Gasteiger partial charge in [-0.25, -0.2) is 14.5 Å². The van der Waals surface area contributed by atoms with Gasteiger partial charge >= 0.3 is 0 Å². The van der Waals surface area contributed by atoms with E-state index in [1.807, 2.05) is 23.1 Å². The van der Waals surface area contributed by atoms with Crippen molar-refractivity contribution in [3.63, 3.8) is 0 Å². The highest BCUT2D eigenvalue weighted by atomic mass is 16.5. The number of hydrogen-bond acceptors (Lipinski definition) is 9. The minimum Gasteiger partial charge on any atom is -0.490 e. The van der Waals surface area contributed by atoms with Crippen molar-refractivity contribution < 1.29 is 19.4 Å². The molecule has 4 aromatic rings. The van der Waals surface area contributed by atoms with Gasteiger partial charge in [-0.2, -0.15) is 10.4 Å². The van der Waals surface area contributed by atoms with Gasteiger partial charge in [0.15, 0.2) is 0 Å². The summed E-state index contributed by atoms with van der Waals surface area (Å²) >= 11 is 0. The lowest BCUT2D eigenvalue weighted by Gasteiger charge is -2.56. The molecule has 3 aliphatic rings. The van der Waals surface area contributed by atoms with E-state index in [9.17, 15) is 10.1 Å². The molecule has 0 radical (unpaired) electrons. The molecule has 3 saturated heterocycles. The fourth-order valence-electron chi connectivity index (χ4n) is 5.28. The number of amides is 1. The minimum atomic E-state index is -0.107. The number of nitriles is 1. The Morgan fingerprint density at radius 1 is 1.16 bits per heavy atom. The number of aromatic nitrogens is 4. The number of piperidine rings is 1. The third-order valence-electron chi connectivity index (χ3n) is 7.07. The van der Waals surface area contributed by atoms with Crippen LogP contribution in [0.4, 0.5) is 5.82 Å². The molecule has 2 bridgehead atoms. The van der Waals surface area contributed by atoms with Crippen molar-refractivity contribution in [1.82, 2.24) is 24.5 Å². The Kier molecular flexibility index (Phi) is 6.01. The van der Waals surface area contributed by atoms with Crippen molar-refractivity contribution in [3.05, 3.63) is 66.2 Å². The van der Waals surface area contributed by atoms with E-state index in [0.717, 1.165) is 23.4 Å². The smallest absolute Gasteiger partial charge is 0.256 e. The minimum absolute atomic E-state index is 0.00854. The topological polar surface area (TPSA) is 129 Å². The highest BCUT2D eigenvalue weighted by molar-refractivity contribution is 5.95. The molecule has 7 heterocycles. The molecule has 2 atom stereocenters. The Balaban J connectivity index is 1.21. The summed E-state index contributed by atoms with van der Waals surface area (Å²) in [7, 11) is 1.55. The Bertz CT molecular complexity index is 1520. The first-order chi connectivity index (χ1) is 18.6. The Labute approximate surface area is 218 Å². The average Bonchev–Trinajstić information content (AvgIpc) is 3.39. The van der Waals surface area contributed by atoms with Gasteiger partial charge < -0.3 is 24.4 Å². The number of aliphatic hydroxyl groups excluding tert-OH is 1. The molecule has 1 N–H and O–H groups in total. The number of pyridine rings is 3. The predicted molar refractivity (Wildman–Crippen MR) is 137 cm³/mol. The third kappa shape index (κ3) is 4.05. The maximum atomic E-state index is 13.1. The van der Waals surface area contributed by atoms with Crippen molar-refractivity contribution in [2.75, 3.05) is 38.3 Å². The van der Waals surface area contributed by atoms with Gasteiger partial charge in [-0.05, 0) is 30.7 Å². The van der Waals surface area contributed by atoms with Crippen molar-refractivity contribution in [2.24, 2.45) is 0 Å². The zero-order valence-corrected chi connectivity index (χ0v) is 20.7. The lowest BCUT2D eigenvalue weighted by Crippen LogP contribution is -2.70. The van der Waals surface area contributed by atoms with Crippen LogP contribution in [0.5, 0.6) is 11.6 Å². The number of hydrogen-bond donors (Lipinski definition) is 1. The van der Waals surface area contributed by atoms with Gasteiger partial charge in [0.05, 0.1) is 54.8 Å². The molecule has 0 aromatic carbocycles. The van der Waals surface area contributed by atoms with E-state index >= 15 is 0 Å². The molecule has 3 fully saturated rings. The van der Waals surface area contributed by atoms with Crippen LogP contribution in [0.2, 0.25) is 0 Å². The number of fused-ring (bicyclic) bond motifs is 3. The first-order valence-electron chi connectivity index (χ1n) is 12.3. The van der Waals surface area contributed by atoms with Crippen LogP contribution >= 0.6 is 0 Å². The van der Waals surface area contributed by atoms with Gasteiger partial charge in [0.25, 0.3) is 5.91 Å². The number of piperazine rings is 1. The summed E-state index contributed by atoms with van der Waals surface area (Å²) in [5, 5.41) is 23.0. The van der Waals surface area contributed by atoms with Crippen LogP contribution in [0, 0.1) is 11.3 Å². The maximum Gasteiger partial charge on any atom is 0.256 e. The molecule has 3 aliphatic heterocycles. The summed E-state index contributed by atoms with van der Waals surface area (Å²) in [6, 6.07) is 11.6. The number of ether oxygens (including phenoxy) is 2. The van der Waals surface area contributed by atoms with E-state index in [4.69, 9.17) is 19.6 Å². The van der Waals surface area contributed by atoms with Gasteiger partial charge in [0, 0.05) is 42.7 Å². The summed E-state index contributed by atoms with van der Waals surface area (Å²) in [5.41, 5.74) is 3.26. The van der Waals surface area contributed by atoms with Crippen molar-refractivity contribution in [1.29, 1.82) is 5.26 Å². The summed E-state index contributed by atoms with van der Waals surface area (Å²) in [6.07, 6.45) is 7.52.